The van der Waals surface area contributed by atoms with Crippen molar-refractivity contribution < 1.29 is 0 Å². The molecule has 1 fully saturated rings. The highest BCUT2D eigenvalue weighted by atomic mass is 32.1. The Hall–Kier alpha value is -2.25. The second-order valence-corrected chi connectivity index (χ2v) is 6.03. The van der Waals surface area contributed by atoms with Gasteiger partial charge in [0.1, 0.15) is 0 Å². The van der Waals surface area contributed by atoms with Crippen LogP contribution in [0.25, 0.3) is 5.65 Å². The monoisotopic (exact) mass is 326 g/mol. The fourth-order valence-electron chi connectivity index (χ4n) is 2.95. The zero-order chi connectivity index (χ0) is 15.6. The fourth-order valence-corrected chi connectivity index (χ4v) is 3.20. The maximum atomic E-state index is 5.51. The molecule has 7 heteroatoms. The molecule has 3 aromatic rings. The van der Waals surface area contributed by atoms with Crippen LogP contribution in [0.3, 0.4) is 0 Å². The van der Waals surface area contributed by atoms with Crippen LogP contribution in [-0.2, 0) is 6.67 Å². The van der Waals surface area contributed by atoms with E-state index in [0.717, 1.165) is 43.3 Å². The van der Waals surface area contributed by atoms with Crippen LogP contribution in [0.1, 0.15) is 0 Å². The Morgan fingerprint density at radius 2 is 1.78 bits per heavy atom. The highest BCUT2D eigenvalue weighted by Crippen LogP contribution is 2.15. The molecule has 0 spiro atoms. The van der Waals surface area contributed by atoms with Crippen molar-refractivity contribution in [2.24, 2.45) is 0 Å². The summed E-state index contributed by atoms with van der Waals surface area (Å²) in [5, 5.41) is 4.60. The Bertz CT molecular complexity index is 848. The van der Waals surface area contributed by atoms with Gasteiger partial charge in [0.25, 0.3) is 0 Å². The molecule has 0 aromatic carbocycles. The predicted molar refractivity (Wildman–Crippen MR) is 92.0 cm³/mol. The van der Waals surface area contributed by atoms with E-state index in [2.05, 4.69) is 32.0 Å². The lowest BCUT2D eigenvalue weighted by molar-refractivity contribution is 0.195. The van der Waals surface area contributed by atoms with Crippen LogP contribution in [0.2, 0.25) is 0 Å². The molecular weight excluding hydrogens is 308 g/mol. The molecule has 1 aliphatic heterocycles. The number of hydrogen-bond donors (Lipinski definition) is 0. The quantitative estimate of drug-likeness (QED) is 0.689. The van der Waals surface area contributed by atoms with E-state index >= 15 is 0 Å². The summed E-state index contributed by atoms with van der Waals surface area (Å²) in [7, 11) is 0. The van der Waals surface area contributed by atoms with E-state index in [4.69, 9.17) is 12.2 Å². The molecule has 6 nitrogen and oxygen atoms in total. The van der Waals surface area contributed by atoms with Crippen molar-refractivity contribution >= 4 is 23.6 Å². The number of piperazine rings is 1. The number of rotatable bonds is 3. The van der Waals surface area contributed by atoms with E-state index in [9.17, 15) is 0 Å². The van der Waals surface area contributed by atoms with Crippen molar-refractivity contribution in [1.82, 2.24) is 24.1 Å². The van der Waals surface area contributed by atoms with Gasteiger partial charge in [0.15, 0.2) is 5.65 Å². The van der Waals surface area contributed by atoms with E-state index in [-0.39, 0.29) is 0 Å². The SMILES string of the molecule is S=c1n(CN2CCN(c3ccncc3)CC2)nc2ccccn12. The first-order valence-corrected chi connectivity index (χ1v) is 8.14. The molecule has 0 aliphatic carbocycles. The van der Waals surface area contributed by atoms with Gasteiger partial charge in [0.2, 0.25) is 4.77 Å². The number of nitrogens with zero attached hydrogens (tertiary/aromatic N) is 6. The number of fused-ring (bicyclic) bond motifs is 1. The third-order valence-electron chi connectivity index (χ3n) is 4.22. The van der Waals surface area contributed by atoms with Crippen molar-refractivity contribution in [3.63, 3.8) is 0 Å². The summed E-state index contributed by atoms with van der Waals surface area (Å²) in [5.74, 6) is 0. The van der Waals surface area contributed by atoms with E-state index < -0.39 is 0 Å². The van der Waals surface area contributed by atoms with Gasteiger partial charge in [-0.05, 0) is 36.5 Å². The zero-order valence-electron chi connectivity index (χ0n) is 12.7. The second-order valence-electron chi connectivity index (χ2n) is 5.66. The third-order valence-corrected chi connectivity index (χ3v) is 4.63. The molecule has 0 N–H and O–H groups in total. The number of aromatic nitrogens is 4. The maximum absolute atomic E-state index is 5.51. The summed E-state index contributed by atoms with van der Waals surface area (Å²) in [6.07, 6.45) is 5.65. The molecule has 0 saturated carbocycles. The van der Waals surface area contributed by atoms with Crippen LogP contribution in [0.15, 0.2) is 48.9 Å². The second kappa shape index (κ2) is 6.10. The van der Waals surface area contributed by atoms with Gasteiger partial charge in [0, 0.05) is 50.5 Å². The van der Waals surface area contributed by atoms with Gasteiger partial charge >= 0.3 is 0 Å². The average molecular weight is 326 g/mol. The summed E-state index contributed by atoms with van der Waals surface area (Å²) in [6, 6.07) is 10.1. The van der Waals surface area contributed by atoms with Crippen LogP contribution < -0.4 is 4.90 Å². The van der Waals surface area contributed by atoms with Crippen LogP contribution in [0, 0.1) is 4.77 Å². The van der Waals surface area contributed by atoms with Crippen LogP contribution in [0.4, 0.5) is 5.69 Å². The van der Waals surface area contributed by atoms with E-state index in [1.165, 1.54) is 5.69 Å². The summed E-state index contributed by atoms with van der Waals surface area (Å²) >= 11 is 5.51. The van der Waals surface area contributed by atoms with Crippen molar-refractivity contribution in [1.29, 1.82) is 0 Å². The van der Waals surface area contributed by atoms with E-state index in [1.54, 1.807) is 0 Å². The third kappa shape index (κ3) is 2.85. The largest absolute Gasteiger partial charge is 0.369 e. The molecular formula is C16H18N6S. The normalized spacial score (nSPS) is 16.1. The molecule has 0 atom stereocenters. The van der Waals surface area contributed by atoms with Crippen LogP contribution >= 0.6 is 12.2 Å². The van der Waals surface area contributed by atoms with Gasteiger partial charge in [-0.1, -0.05) is 6.07 Å². The number of anilines is 1. The number of pyridine rings is 2. The van der Waals surface area contributed by atoms with Gasteiger partial charge in [-0.25, -0.2) is 4.68 Å². The highest BCUT2D eigenvalue weighted by Gasteiger charge is 2.18. The van der Waals surface area contributed by atoms with Gasteiger partial charge < -0.3 is 4.90 Å². The van der Waals surface area contributed by atoms with Gasteiger partial charge in [-0.15, -0.1) is 0 Å². The van der Waals surface area contributed by atoms with Crippen LogP contribution in [-0.4, -0.2) is 50.2 Å². The van der Waals surface area contributed by atoms with Crippen molar-refractivity contribution in [3.05, 3.63) is 53.7 Å². The Kier molecular flexibility index (Phi) is 3.80. The van der Waals surface area contributed by atoms with E-state index in [0.29, 0.717) is 0 Å². The highest BCUT2D eigenvalue weighted by molar-refractivity contribution is 7.71. The topological polar surface area (TPSA) is 41.6 Å². The summed E-state index contributed by atoms with van der Waals surface area (Å²) in [4.78, 5) is 8.86. The molecule has 4 rings (SSSR count). The minimum Gasteiger partial charge on any atom is -0.369 e. The molecule has 1 saturated heterocycles. The van der Waals surface area contributed by atoms with Crippen LogP contribution in [0.5, 0.6) is 0 Å². The Balaban J connectivity index is 1.45. The molecule has 4 heterocycles. The molecule has 0 radical (unpaired) electrons. The summed E-state index contributed by atoms with van der Waals surface area (Å²) < 4.78 is 4.60. The average Bonchev–Trinajstić information content (AvgIpc) is 2.93. The zero-order valence-corrected chi connectivity index (χ0v) is 13.6. The molecule has 23 heavy (non-hydrogen) atoms. The maximum Gasteiger partial charge on any atom is 0.203 e. The lowest BCUT2D eigenvalue weighted by Crippen LogP contribution is -2.47. The molecule has 0 bridgehead atoms. The van der Waals surface area contributed by atoms with Gasteiger partial charge in [0.05, 0.1) is 6.67 Å². The Morgan fingerprint density at radius 1 is 1.00 bits per heavy atom. The van der Waals surface area contributed by atoms with Gasteiger partial charge in [-0.2, -0.15) is 5.10 Å². The van der Waals surface area contributed by atoms with Crippen molar-refractivity contribution in [2.75, 3.05) is 31.1 Å². The summed E-state index contributed by atoms with van der Waals surface area (Å²) in [6.45, 7) is 4.75. The molecule has 118 valence electrons. The van der Waals surface area contributed by atoms with Crippen molar-refractivity contribution in [2.45, 2.75) is 6.67 Å². The molecule has 3 aromatic heterocycles. The first-order valence-electron chi connectivity index (χ1n) is 7.73. The molecule has 1 aliphatic rings. The summed E-state index contributed by atoms with van der Waals surface area (Å²) in [5.41, 5.74) is 2.14. The minimum absolute atomic E-state index is 0.741. The Morgan fingerprint density at radius 3 is 2.52 bits per heavy atom. The lowest BCUT2D eigenvalue weighted by atomic mass is 10.3. The smallest absolute Gasteiger partial charge is 0.203 e. The number of hydrogen-bond acceptors (Lipinski definition) is 5. The lowest BCUT2D eigenvalue weighted by Gasteiger charge is -2.35. The van der Waals surface area contributed by atoms with E-state index in [1.807, 2.05) is 45.9 Å². The first kappa shape index (κ1) is 14.3. The Labute approximate surface area is 139 Å². The standard InChI is InChI=1S/C16H18N6S/c23-16-21-8-2-1-3-15(21)18-22(16)13-19-9-11-20(12-10-19)14-4-6-17-7-5-14/h1-8H,9-13H2. The minimum atomic E-state index is 0.741. The van der Waals surface area contributed by atoms with Crippen molar-refractivity contribution in [3.8, 4) is 0 Å². The fraction of sp³-hybridized carbons (Fsp3) is 0.312. The predicted octanol–water partition coefficient (Wildman–Crippen LogP) is 2.04. The molecule has 0 unspecified atom stereocenters. The first-order chi connectivity index (χ1) is 11.3. The molecule has 0 amide bonds. The van der Waals surface area contributed by atoms with Gasteiger partial charge in [-0.3, -0.25) is 14.3 Å².